The van der Waals surface area contributed by atoms with E-state index in [2.05, 4.69) is 15.8 Å². The second-order valence-corrected chi connectivity index (χ2v) is 4.28. The van der Waals surface area contributed by atoms with Gasteiger partial charge in [-0.3, -0.25) is 5.43 Å². The first-order valence-electron chi connectivity index (χ1n) is 6.11. The Balaban J connectivity index is 2.43. The van der Waals surface area contributed by atoms with E-state index in [9.17, 15) is 5.11 Å². The normalized spacial score (nSPS) is 10.5. The summed E-state index contributed by atoms with van der Waals surface area (Å²) in [6.07, 6.45) is 2.33. The number of hydrazone groups is 1. The molecule has 0 bridgehead atoms. The number of thiocarbonyl (C=S) groups is 1. The number of benzene rings is 1. The number of hydrogen-bond acceptors (Lipinski definition) is 5. The zero-order valence-electron chi connectivity index (χ0n) is 11.5. The smallest absolute Gasteiger partial charge is 0.186 e. The number of rotatable bonds is 7. The summed E-state index contributed by atoms with van der Waals surface area (Å²) in [5, 5.41) is 17.2. The van der Waals surface area contributed by atoms with Crippen LogP contribution in [0.25, 0.3) is 0 Å². The van der Waals surface area contributed by atoms with Gasteiger partial charge < -0.3 is 19.9 Å². The summed E-state index contributed by atoms with van der Waals surface area (Å²) < 4.78 is 9.93. The highest BCUT2D eigenvalue weighted by Crippen LogP contribution is 2.27. The fourth-order valence-electron chi connectivity index (χ4n) is 1.43. The second kappa shape index (κ2) is 9.11. The predicted molar refractivity (Wildman–Crippen MR) is 82.5 cm³/mol. The third-order valence-electron chi connectivity index (χ3n) is 2.43. The Morgan fingerprint density at radius 3 is 2.95 bits per heavy atom. The molecule has 0 spiro atoms. The fourth-order valence-corrected chi connectivity index (χ4v) is 1.58. The van der Waals surface area contributed by atoms with Gasteiger partial charge >= 0.3 is 0 Å². The molecule has 0 radical (unpaired) electrons. The van der Waals surface area contributed by atoms with Crippen LogP contribution < -0.4 is 15.5 Å². The van der Waals surface area contributed by atoms with E-state index in [1.807, 2.05) is 0 Å². The molecule has 0 unspecified atom stereocenters. The van der Waals surface area contributed by atoms with Crippen molar-refractivity contribution in [3.05, 3.63) is 23.8 Å². The third-order valence-corrected chi connectivity index (χ3v) is 2.67. The van der Waals surface area contributed by atoms with Crippen LogP contribution in [0.2, 0.25) is 0 Å². The molecule has 20 heavy (non-hydrogen) atoms. The lowest BCUT2D eigenvalue weighted by molar-refractivity contribution is 0.195. The van der Waals surface area contributed by atoms with Gasteiger partial charge in [-0.05, 0) is 30.8 Å². The minimum absolute atomic E-state index is 0.0412. The Morgan fingerprint density at radius 2 is 2.25 bits per heavy atom. The largest absolute Gasteiger partial charge is 0.504 e. The molecule has 0 saturated heterocycles. The Morgan fingerprint density at radius 1 is 1.45 bits per heavy atom. The lowest BCUT2D eigenvalue weighted by Gasteiger charge is -2.07. The molecule has 0 aliphatic carbocycles. The molecule has 0 aliphatic rings. The first-order chi connectivity index (χ1) is 9.69. The van der Waals surface area contributed by atoms with Crippen LogP contribution in [0.15, 0.2) is 23.3 Å². The van der Waals surface area contributed by atoms with Crippen LogP contribution in [0, 0.1) is 0 Å². The highest BCUT2D eigenvalue weighted by Gasteiger charge is 2.04. The van der Waals surface area contributed by atoms with E-state index in [0.29, 0.717) is 29.6 Å². The SMILES string of the molecule is COCCCNC(=S)NN=Cc1cccc(OC)c1O. The summed E-state index contributed by atoms with van der Waals surface area (Å²) in [6, 6.07) is 5.15. The lowest BCUT2D eigenvalue weighted by atomic mass is 10.2. The Bertz CT molecular complexity index is 466. The van der Waals surface area contributed by atoms with E-state index in [-0.39, 0.29) is 5.75 Å². The average Bonchev–Trinajstić information content (AvgIpc) is 2.45. The zero-order valence-corrected chi connectivity index (χ0v) is 12.4. The molecule has 7 heteroatoms. The van der Waals surface area contributed by atoms with Crippen molar-refractivity contribution in [2.24, 2.45) is 5.10 Å². The predicted octanol–water partition coefficient (Wildman–Crippen LogP) is 1.24. The molecule has 0 atom stereocenters. The summed E-state index contributed by atoms with van der Waals surface area (Å²) in [7, 11) is 3.15. The van der Waals surface area contributed by atoms with Gasteiger partial charge in [-0.25, -0.2) is 0 Å². The Hall–Kier alpha value is -1.86. The van der Waals surface area contributed by atoms with Crippen LogP contribution in [0.3, 0.4) is 0 Å². The summed E-state index contributed by atoms with van der Waals surface area (Å²) in [4.78, 5) is 0. The van der Waals surface area contributed by atoms with Crippen LogP contribution >= 0.6 is 12.2 Å². The van der Waals surface area contributed by atoms with Crippen molar-refractivity contribution < 1.29 is 14.6 Å². The van der Waals surface area contributed by atoms with Gasteiger partial charge in [0.1, 0.15) is 0 Å². The summed E-state index contributed by atoms with van der Waals surface area (Å²) in [5.41, 5.74) is 3.21. The Kier molecular flexibility index (Phi) is 7.38. The number of phenols is 1. The summed E-state index contributed by atoms with van der Waals surface area (Å²) in [6.45, 7) is 1.39. The standard InChI is InChI=1S/C13H19N3O3S/c1-18-8-4-7-14-13(20)16-15-9-10-5-3-6-11(19-2)12(10)17/h3,5-6,9,17H,4,7-8H2,1-2H3,(H2,14,16,20). The molecular formula is C13H19N3O3S. The zero-order chi connectivity index (χ0) is 14.8. The molecule has 1 aromatic rings. The van der Waals surface area contributed by atoms with Crippen molar-refractivity contribution in [2.45, 2.75) is 6.42 Å². The summed E-state index contributed by atoms with van der Waals surface area (Å²) >= 11 is 5.04. The molecular weight excluding hydrogens is 278 g/mol. The number of methoxy groups -OCH3 is 2. The molecule has 0 fully saturated rings. The van der Waals surface area contributed by atoms with Gasteiger partial charge in [0.2, 0.25) is 0 Å². The van der Waals surface area contributed by atoms with E-state index < -0.39 is 0 Å². The maximum Gasteiger partial charge on any atom is 0.186 e. The van der Waals surface area contributed by atoms with E-state index in [4.69, 9.17) is 21.7 Å². The van der Waals surface area contributed by atoms with Crippen molar-refractivity contribution in [2.75, 3.05) is 27.4 Å². The number of phenolic OH excluding ortho intramolecular Hbond substituents is 1. The number of hydrogen-bond donors (Lipinski definition) is 3. The Labute approximate surface area is 123 Å². The lowest BCUT2D eigenvalue weighted by Crippen LogP contribution is -2.33. The molecule has 110 valence electrons. The van der Waals surface area contributed by atoms with Gasteiger partial charge in [0.25, 0.3) is 0 Å². The fraction of sp³-hybridized carbons (Fsp3) is 0.385. The first kappa shape index (κ1) is 16.2. The molecule has 1 rings (SSSR count). The van der Waals surface area contributed by atoms with E-state index in [1.165, 1.54) is 13.3 Å². The van der Waals surface area contributed by atoms with Crippen molar-refractivity contribution in [3.63, 3.8) is 0 Å². The number of nitrogens with one attached hydrogen (secondary N) is 2. The maximum absolute atomic E-state index is 9.85. The second-order valence-electron chi connectivity index (χ2n) is 3.87. The minimum Gasteiger partial charge on any atom is -0.504 e. The average molecular weight is 297 g/mol. The van der Waals surface area contributed by atoms with E-state index in [1.54, 1.807) is 25.3 Å². The van der Waals surface area contributed by atoms with Crippen molar-refractivity contribution >= 4 is 23.5 Å². The van der Waals surface area contributed by atoms with Crippen LogP contribution in [-0.2, 0) is 4.74 Å². The molecule has 6 nitrogen and oxygen atoms in total. The van der Waals surface area contributed by atoms with Crippen molar-refractivity contribution in [3.8, 4) is 11.5 Å². The van der Waals surface area contributed by atoms with Crippen LogP contribution in [0.1, 0.15) is 12.0 Å². The molecule has 0 aliphatic heterocycles. The van der Waals surface area contributed by atoms with E-state index in [0.717, 1.165) is 6.42 Å². The molecule has 0 amide bonds. The number of ether oxygens (including phenoxy) is 2. The van der Waals surface area contributed by atoms with Crippen molar-refractivity contribution in [1.29, 1.82) is 0 Å². The van der Waals surface area contributed by atoms with Crippen LogP contribution in [0.5, 0.6) is 11.5 Å². The molecule has 0 heterocycles. The van der Waals surface area contributed by atoms with Gasteiger partial charge in [0.15, 0.2) is 16.6 Å². The van der Waals surface area contributed by atoms with Crippen molar-refractivity contribution in [1.82, 2.24) is 10.7 Å². The van der Waals surface area contributed by atoms with Crippen LogP contribution in [-0.4, -0.2) is 43.8 Å². The minimum atomic E-state index is 0.0412. The first-order valence-corrected chi connectivity index (χ1v) is 6.51. The third kappa shape index (κ3) is 5.41. The summed E-state index contributed by atoms with van der Waals surface area (Å²) in [5.74, 6) is 0.439. The number of para-hydroxylation sites is 1. The number of aromatic hydroxyl groups is 1. The molecule has 3 N–H and O–H groups in total. The topological polar surface area (TPSA) is 75.1 Å². The van der Waals surface area contributed by atoms with E-state index >= 15 is 0 Å². The highest BCUT2D eigenvalue weighted by molar-refractivity contribution is 7.80. The van der Waals surface area contributed by atoms with Gasteiger partial charge in [-0.1, -0.05) is 6.07 Å². The number of nitrogens with zero attached hydrogens (tertiary/aromatic N) is 1. The quantitative estimate of drug-likeness (QED) is 0.304. The van der Waals surface area contributed by atoms with Gasteiger partial charge in [-0.2, -0.15) is 5.10 Å². The monoisotopic (exact) mass is 297 g/mol. The molecule has 0 aromatic heterocycles. The van der Waals surface area contributed by atoms with Gasteiger partial charge in [-0.15, -0.1) is 0 Å². The molecule has 1 aromatic carbocycles. The van der Waals surface area contributed by atoms with Crippen LogP contribution in [0.4, 0.5) is 0 Å². The maximum atomic E-state index is 9.85. The van der Waals surface area contributed by atoms with Gasteiger partial charge in [0, 0.05) is 25.8 Å². The highest BCUT2D eigenvalue weighted by atomic mass is 32.1. The van der Waals surface area contributed by atoms with Gasteiger partial charge in [0.05, 0.1) is 13.3 Å². The molecule has 0 saturated carbocycles.